The molecule has 0 saturated carbocycles. The molecule has 0 atom stereocenters. The fourth-order valence-electron chi connectivity index (χ4n) is 1.96. The number of ether oxygens (including phenoxy) is 1. The van der Waals surface area contributed by atoms with Gasteiger partial charge in [0.2, 0.25) is 0 Å². The van der Waals surface area contributed by atoms with Gasteiger partial charge < -0.3 is 4.74 Å². The van der Waals surface area contributed by atoms with Crippen molar-refractivity contribution in [1.29, 1.82) is 0 Å². The lowest BCUT2D eigenvalue weighted by Crippen LogP contribution is -1.89. The van der Waals surface area contributed by atoms with Gasteiger partial charge in [0.15, 0.2) is 0 Å². The van der Waals surface area contributed by atoms with Crippen molar-refractivity contribution in [2.75, 3.05) is 6.61 Å². The van der Waals surface area contributed by atoms with Crippen molar-refractivity contribution >= 4 is 31.5 Å². The molecule has 2 aromatic carbocycles. The van der Waals surface area contributed by atoms with E-state index < -0.39 is 0 Å². The van der Waals surface area contributed by atoms with Crippen molar-refractivity contribution < 1.29 is 4.74 Å². The summed E-state index contributed by atoms with van der Waals surface area (Å²) in [4.78, 5) is 0. The summed E-state index contributed by atoms with van der Waals surface area (Å²) in [7, 11) is 0. The van der Waals surface area contributed by atoms with Gasteiger partial charge in [0.25, 0.3) is 0 Å². The summed E-state index contributed by atoms with van der Waals surface area (Å²) in [6.07, 6.45) is 0. The molecule has 0 fully saturated rings. The van der Waals surface area contributed by atoms with Crippen molar-refractivity contribution in [1.82, 2.24) is 0 Å². The SMILES string of the molecule is CCOc1ccc2c(c1)sc1ccccc12. The Labute approximate surface area is 98.3 Å². The maximum atomic E-state index is 5.52. The van der Waals surface area contributed by atoms with E-state index in [2.05, 4.69) is 36.4 Å². The molecule has 0 aliphatic carbocycles. The Morgan fingerprint density at radius 1 is 1.00 bits per heavy atom. The highest BCUT2D eigenvalue weighted by Crippen LogP contribution is 2.35. The molecule has 0 aliphatic rings. The molecule has 0 N–H and O–H groups in total. The standard InChI is InChI=1S/C14H12OS/c1-2-15-10-7-8-12-11-5-3-4-6-13(11)16-14(12)9-10/h3-9H,2H2,1H3. The first-order valence-corrected chi connectivity index (χ1v) is 6.24. The molecule has 3 aromatic rings. The monoisotopic (exact) mass is 228 g/mol. The quantitative estimate of drug-likeness (QED) is 0.629. The smallest absolute Gasteiger partial charge is 0.120 e. The Morgan fingerprint density at radius 2 is 1.81 bits per heavy atom. The number of hydrogen-bond acceptors (Lipinski definition) is 2. The van der Waals surface area contributed by atoms with Crippen LogP contribution in [0.2, 0.25) is 0 Å². The van der Waals surface area contributed by atoms with Crippen LogP contribution in [-0.4, -0.2) is 6.61 Å². The van der Waals surface area contributed by atoms with E-state index in [-0.39, 0.29) is 0 Å². The minimum atomic E-state index is 0.719. The molecule has 16 heavy (non-hydrogen) atoms. The topological polar surface area (TPSA) is 9.23 Å². The molecular weight excluding hydrogens is 216 g/mol. The Bertz CT molecular complexity index is 639. The molecule has 2 heteroatoms. The predicted molar refractivity (Wildman–Crippen MR) is 70.5 cm³/mol. The van der Waals surface area contributed by atoms with Gasteiger partial charge in [-0.25, -0.2) is 0 Å². The fourth-order valence-corrected chi connectivity index (χ4v) is 3.10. The maximum Gasteiger partial charge on any atom is 0.120 e. The third kappa shape index (κ3) is 1.46. The van der Waals surface area contributed by atoms with E-state index in [0.29, 0.717) is 0 Å². The van der Waals surface area contributed by atoms with Crippen molar-refractivity contribution in [3.05, 3.63) is 42.5 Å². The van der Waals surface area contributed by atoms with E-state index in [0.717, 1.165) is 12.4 Å². The fraction of sp³-hybridized carbons (Fsp3) is 0.143. The van der Waals surface area contributed by atoms with Crippen LogP contribution in [0.5, 0.6) is 5.75 Å². The van der Waals surface area contributed by atoms with Crippen LogP contribution in [0.1, 0.15) is 6.92 Å². The van der Waals surface area contributed by atoms with Gasteiger partial charge in [0.05, 0.1) is 6.61 Å². The van der Waals surface area contributed by atoms with Gasteiger partial charge in [-0.05, 0) is 31.2 Å². The van der Waals surface area contributed by atoms with Crippen LogP contribution in [0.4, 0.5) is 0 Å². The van der Waals surface area contributed by atoms with Crippen LogP contribution >= 0.6 is 11.3 Å². The van der Waals surface area contributed by atoms with Crippen LogP contribution in [0.15, 0.2) is 42.5 Å². The zero-order valence-electron chi connectivity index (χ0n) is 9.07. The Morgan fingerprint density at radius 3 is 2.69 bits per heavy atom. The van der Waals surface area contributed by atoms with Gasteiger partial charge >= 0.3 is 0 Å². The molecular formula is C14H12OS. The lowest BCUT2D eigenvalue weighted by molar-refractivity contribution is 0.341. The second kappa shape index (κ2) is 3.80. The average Bonchev–Trinajstić information content (AvgIpc) is 2.67. The van der Waals surface area contributed by atoms with E-state index in [9.17, 15) is 0 Å². The lowest BCUT2D eigenvalue weighted by Gasteiger charge is -2.01. The molecule has 1 aromatic heterocycles. The molecule has 0 spiro atoms. The number of thiophene rings is 1. The third-order valence-corrected chi connectivity index (χ3v) is 3.79. The highest BCUT2D eigenvalue weighted by atomic mass is 32.1. The van der Waals surface area contributed by atoms with Gasteiger partial charge in [-0.1, -0.05) is 18.2 Å². The van der Waals surface area contributed by atoms with E-state index in [1.165, 1.54) is 20.2 Å². The first-order chi connectivity index (χ1) is 7.88. The zero-order chi connectivity index (χ0) is 11.0. The van der Waals surface area contributed by atoms with Gasteiger partial charge in [0, 0.05) is 20.2 Å². The van der Waals surface area contributed by atoms with E-state index >= 15 is 0 Å². The Kier molecular flexibility index (Phi) is 2.29. The molecule has 0 aliphatic heterocycles. The average molecular weight is 228 g/mol. The summed E-state index contributed by atoms with van der Waals surface area (Å²) in [6, 6.07) is 14.8. The van der Waals surface area contributed by atoms with Crippen LogP contribution < -0.4 is 4.74 Å². The van der Waals surface area contributed by atoms with Gasteiger partial charge in [0.1, 0.15) is 5.75 Å². The molecule has 0 saturated heterocycles. The van der Waals surface area contributed by atoms with E-state index in [4.69, 9.17) is 4.74 Å². The Hall–Kier alpha value is -1.54. The third-order valence-electron chi connectivity index (χ3n) is 2.66. The molecule has 1 heterocycles. The van der Waals surface area contributed by atoms with Gasteiger partial charge in [-0.15, -0.1) is 11.3 Å². The van der Waals surface area contributed by atoms with Crippen molar-refractivity contribution in [3.63, 3.8) is 0 Å². The number of rotatable bonds is 2. The number of fused-ring (bicyclic) bond motifs is 3. The molecule has 80 valence electrons. The van der Waals surface area contributed by atoms with Crippen molar-refractivity contribution in [2.24, 2.45) is 0 Å². The summed E-state index contributed by atoms with van der Waals surface area (Å²) in [6.45, 7) is 2.73. The molecule has 0 unspecified atom stereocenters. The molecule has 0 bridgehead atoms. The minimum Gasteiger partial charge on any atom is -0.494 e. The highest BCUT2D eigenvalue weighted by Gasteiger charge is 2.04. The molecule has 3 rings (SSSR count). The zero-order valence-corrected chi connectivity index (χ0v) is 9.88. The minimum absolute atomic E-state index is 0.719. The summed E-state index contributed by atoms with van der Waals surface area (Å²) < 4.78 is 8.15. The molecule has 0 radical (unpaired) electrons. The largest absolute Gasteiger partial charge is 0.494 e. The Balaban J connectivity index is 2.28. The van der Waals surface area contributed by atoms with Gasteiger partial charge in [-0.2, -0.15) is 0 Å². The van der Waals surface area contributed by atoms with E-state index in [1.54, 1.807) is 0 Å². The predicted octanol–water partition coefficient (Wildman–Crippen LogP) is 4.45. The summed E-state index contributed by atoms with van der Waals surface area (Å²) >= 11 is 1.82. The summed E-state index contributed by atoms with van der Waals surface area (Å²) in [5.41, 5.74) is 0. The first-order valence-electron chi connectivity index (χ1n) is 5.42. The van der Waals surface area contributed by atoms with Crippen LogP contribution in [0, 0.1) is 0 Å². The second-order valence-corrected chi connectivity index (χ2v) is 4.77. The van der Waals surface area contributed by atoms with E-state index in [1.807, 2.05) is 24.3 Å². The van der Waals surface area contributed by atoms with Gasteiger partial charge in [-0.3, -0.25) is 0 Å². The normalized spacial score (nSPS) is 11.1. The lowest BCUT2D eigenvalue weighted by atomic mass is 10.1. The summed E-state index contributed by atoms with van der Waals surface area (Å²) in [5, 5.41) is 2.66. The summed E-state index contributed by atoms with van der Waals surface area (Å²) in [5.74, 6) is 0.960. The molecule has 0 amide bonds. The molecule has 1 nitrogen and oxygen atoms in total. The first kappa shape index (κ1) is 9.67. The van der Waals surface area contributed by atoms with Crippen LogP contribution in [0.25, 0.3) is 20.2 Å². The number of benzene rings is 2. The van der Waals surface area contributed by atoms with Crippen LogP contribution in [-0.2, 0) is 0 Å². The maximum absolute atomic E-state index is 5.52. The van der Waals surface area contributed by atoms with Crippen LogP contribution in [0.3, 0.4) is 0 Å². The number of hydrogen-bond donors (Lipinski definition) is 0. The van der Waals surface area contributed by atoms with Crippen molar-refractivity contribution in [3.8, 4) is 5.75 Å². The highest BCUT2D eigenvalue weighted by molar-refractivity contribution is 7.25. The van der Waals surface area contributed by atoms with Crippen molar-refractivity contribution in [2.45, 2.75) is 6.92 Å². The second-order valence-electron chi connectivity index (χ2n) is 3.69.